The topological polar surface area (TPSA) is 61.8 Å². The number of likely N-dealkylation sites (tertiary alicyclic amines) is 1. The smallest absolute Gasteiger partial charge is 0.410 e. The molecule has 1 amide bonds. The molecule has 0 aromatic carbocycles. The Morgan fingerprint density at radius 3 is 2.65 bits per heavy atom. The lowest BCUT2D eigenvalue weighted by atomic mass is 9.88. The third kappa shape index (κ3) is 2.90. The van der Waals surface area contributed by atoms with Crippen LogP contribution in [0.5, 0.6) is 0 Å². The summed E-state index contributed by atoms with van der Waals surface area (Å²) < 4.78 is 5.35. The third-order valence-corrected chi connectivity index (χ3v) is 3.40. The zero-order chi connectivity index (χ0) is 12.6. The lowest BCUT2D eigenvalue weighted by Crippen LogP contribution is -2.46. The Morgan fingerprint density at radius 1 is 1.35 bits per heavy atom. The number of carbonyl (C=O) groups is 1. The van der Waals surface area contributed by atoms with Crippen LogP contribution in [0.3, 0.4) is 0 Å². The van der Waals surface area contributed by atoms with Gasteiger partial charge >= 0.3 is 6.09 Å². The van der Waals surface area contributed by atoms with E-state index in [1.807, 2.05) is 20.8 Å². The van der Waals surface area contributed by atoms with Crippen LogP contribution in [0, 0.1) is 11.8 Å². The van der Waals surface area contributed by atoms with E-state index in [1.54, 1.807) is 4.90 Å². The molecule has 2 rings (SSSR count). The monoisotopic (exact) mass is 242 g/mol. The van der Waals surface area contributed by atoms with Crippen LogP contribution in [0.4, 0.5) is 4.79 Å². The summed E-state index contributed by atoms with van der Waals surface area (Å²) in [6, 6.07) is 0. The molecule has 0 saturated carbocycles. The lowest BCUT2D eigenvalue weighted by Gasteiger charge is -2.29. The number of ether oxygens (including phenoxy) is 1. The van der Waals surface area contributed by atoms with Crippen LogP contribution in [0.1, 0.15) is 20.8 Å². The van der Waals surface area contributed by atoms with Gasteiger partial charge in [0.2, 0.25) is 0 Å². The summed E-state index contributed by atoms with van der Waals surface area (Å²) in [4.78, 5) is 13.6. The van der Waals surface area contributed by atoms with Crippen LogP contribution in [-0.2, 0) is 4.74 Å². The molecule has 0 radical (unpaired) electrons. The van der Waals surface area contributed by atoms with Crippen molar-refractivity contribution in [1.29, 1.82) is 0 Å². The standard InChI is InChI=1S/C12H22N2O3/c1-12(2,3)17-11(16)14-6-8-4-13-5-10(15)9(8)7-14/h8-10,13,15H,4-7H2,1-3H3/t8-,9+,10-/m0/s1. The van der Waals surface area contributed by atoms with E-state index in [4.69, 9.17) is 4.74 Å². The van der Waals surface area contributed by atoms with Crippen molar-refractivity contribution in [3.8, 4) is 0 Å². The van der Waals surface area contributed by atoms with Crippen LogP contribution < -0.4 is 5.32 Å². The highest BCUT2D eigenvalue weighted by Crippen LogP contribution is 2.29. The van der Waals surface area contributed by atoms with E-state index < -0.39 is 5.60 Å². The van der Waals surface area contributed by atoms with Crippen molar-refractivity contribution < 1.29 is 14.6 Å². The molecule has 0 unspecified atom stereocenters. The van der Waals surface area contributed by atoms with Crippen molar-refractivity contribution in [3.05, 3.63) is 0 Å². The minimum atomic E-state index is -0.457. The number of rotatable bonds is 0. The van der Waals surface area contributed by atoms with Crippen LogP contribution in [0.25, 0.3) is 0 Å². The quantitative estimate of drug-likeness (QED) is 0.647. The molecule has 17 heavy (non-hydrogen) atoms. The average Bonchev–Trinajstić information content (AvgIpc) is 2.60. The maximum atomic E-state index is 11.9. The van der Waals surface area contributed by atoms with Crippen molar-refractivity contribution in [1.82, 2.24) is 10.2 Å². The number of carbonyl (C=O) groups excluding carboxylic acids is 1. The lowest BCUT2D eigenvalue weighted by molar-refractivity contribution is 0.0269. The zero-order valence-corrected chi connectivity index (χ0v) is 10.8. The fraction of sp³-hybridized carbons (Fsp3) is 0.917. The highest BCUT2D eigenvalue weighted by molar-refractivity contribution is 5.68. The second kappa shape index (κ2) is 4.46. The molecule has 98 valence electrons. The number of fused-ring (bicyclic) bond motifs is 1. The molecule has 0 spiro atoms. The Bertz CT molecular complexity index is 301. The molecular weight excluding hydrogens is 220 g/mol. The van der Waals surface area contributed by atoms with E-state index in [0.29, 0.717) is 25.6 Å². The molecular formula is C12H22N2O3. The molecule has 2 N–H and O–H groups in total. The zero-order valence-electron chi connectivity index (χ0n) is 10.8. The average molecular weight is 242 g/mol. The largest absolute Gasteiger partial charge is 0.444 e. The van der Waals surface area contributed by atoms with Gasteiger partial charge in [0.25, 0.3) is 0 Å². The van der Waals surface area contributed by atoms with Crippen LogP contribution >= 0.6 is 0 Å². The van der Waals surface area contributed by atoms with E-state index in [2.05, 4.69) is 5.32 Å². The first kappa shape index (κ1) is 12.6. The number of hydrogen-bond donors (Lipinski definition) is 2. The summed E-state index contributed by atoms with van der Waals surface area (Å²) in [6.07, 6.45) is -0.611. The molecule has 2 aliphatic rings. The van der Waals surface area contributed by atoms with Gasteiger partial charge < -0.3 is 20.1 Å². The van der Waals surface area contributed by atoms with Crippen molar-refractivity contribution >= 4 is 6.09 Å². The summed E-state index contributed by atoms with van der Waals surface area (Å²) in [5.74, 6) is 0.551. The molecule has 2 fully saturated rings. The van der Waals surface area contributed by atoms with E-state index in [9.17, 15) is 9.90 Å². The summed E-state index contributed by atoms with van der Waals surface area (Å²) in [6.45, 7) is 8.40. The first-order valence-electron chi connectivity index (χ1n) is 6.23. The van der Waals surface area contributed by atoms with Gasteiger partial charge in [-0.1, -0.05) is 0 Å². The van der Waals surface area contributed by atoms with Gasteiger partial charge in [-0.05, 0) is 26.7 Å². The van der Waals surface area contributed by atoms with Gasteiger partial charge in [0, 0.05) is 32.1 Å². The van der Waals surface area contributed by atoms with Crippen molar-refractivity contribution in [3.63, 3.8) is 0 Å². The summed E-state index contributed by atoms with van der Waals surface area (Å²) in [7, 11) is 0. The van der Waals surface area contributed by atoms with Crippen LogP contribution in [0.15, 0.2) is 0 Å². The minimum Gasteiger partial charge on any atom is -0.444 e. The minimum absolute atomic E-state index is 0.198. The van der Waals surface area contributed by atoms with Gasteiger partial charge in [0.1, 0.15) is 5.60 Å². The number of β-amino-alcohol motifs (C(OH)–C–C–N with tert-alkyl or cyclic N) is 1. The summed E-state index contributed by atoms with van der Waals surface area (Å²) in [5.41, 5.74) is -0.457. The number of nitrogens with one attached hydrogen (secondary N) is 1. The molecule has 5 heteroatoms. The fourth-order valence-electron chi connectivity index (χ4n) is 2.59. The molecule has 0 aromatic heterocycles. The first-order chi connectivity index (χ1) is 7.87. The van der Waals surface area contributed by atoms with Gasteiger partial charge in [0.15, 0.2) is 0 Å². The Morgan fingerprint density at radius 2 is 2.06 bits per heavy atom. The molecule has 3 atom stereocenters. The van der Waals surface area contributed by atoms with Gasteiger partial charge in [0.05, 0.1) is 6.10 Å². The SMILES string of the molecule is CC(C)(C)OC(=O)N1C[C@@H]2CNC[C@H](O)[C@@H]2C1. The highest BCUT2D eigenvalue weighted by atomic mass is 16.6. The number of nitrogens with zero attached hydrogens (tertiary/aromatic N) is 1. The summed E-state index contributed by atoms with van der Waals surface area (Å²) in [5, 5.41) is 13.1. The number of hydrogen-bond acceptors (Lipinski definition) is 4. The number of amides is 1. The number of aliphatic hydroxyl groups excluding tert-OH is 1. The highest BCUT2D eigenvalue weighted by Gasteiger charge is 2.42. The molecule has 0 bridgehead atoms. The van der Waals surface area contributed by atoms with Gasteiger partial charge in [-0.3, -0.25) is 0 Å². The Kier molecular flexibility index (Phi) is 3.32. The summed E-state index contributed by atoms with van der Waals surface area (Å²) >= 11 is 0. The molecule has 5 nitrogen and oxygen atoms in total. The van der Waals surface area contributed by atoms with Gasteiger partial charge in [-0.2, -0.15) is 0 Å². The normalized spacial score (nSPS) is 33.4. The predicted octanol–water partition coefficient (Wildman–Crippen LogP) is 0.434. The number of aliphatic hydroxyl groups is 1. The number of piperidine rings is 1. The van der Waals surface area contributed by atoms with Gasteiger partial charge in [-0.15, -0.1) is 0 Å². The molecule has 0 aliphatic carbocycles. The van der Waals surface area contributed by atoms with Crippen molar-refractivity contribution in [2.75, 3.05) is 26.2 Å². The Labute approximate surface area is 102 Å². The maximum absolute atomic E-state index is 11.9. The molecule has 2 aliphatic heterocycles. The Balaban J connectivity index is 1.95. The molecule has 2 heterocycles. The predicted molar refractivity (Wildman–Crippen MR) is 63.7 cm³/mol. The maximum Gasteiger partial charge on any atom is 0.410 e. The van der Waals surface area contributed by atoms with Crippen molar-refractivity contribution in [2.45, 2.75) is 32.5 Å². The van der Waals surface area contributed by atoms with Crippen LogP contribution in [-0.4, -0.2) is 54.0 Å². The van der Waals surface area contributed by atoms with Crippen molar-refractivity contribution in [2.24, 2.45) is 11.8 Å². The fourth-order valence-corrected chi connectivity index (χ4v) is 2.59. The van der Waals surface area contributed by atoms with E-state index in [-0.39, 0.29) is 18.1 Å². The Hall–Kier alpha value is -0.810. The van der Waals surface area contributed by atoms with Gasteiger partial charge in [-0.25, -0.2) is 4.79 Å². The molecule has 2 saturated heterocycles. The van der Waals surface area contributed by atoms with E-state index in [1.165, 1.54) is 0 Å². The van der Waals surface area contributed by atoms with E-state index >= 15 is 0 Å². The first-order valence-corrected chi connectivity index (χ1v) is 6.23. The second-order valence-corrected chi connectivity index (χ2v) is 6.03. The molecule has 0 aromatic rings. The third-order valence-electron chi connectivity index (χ3n) is 3.40. The second-order valence-electron chi connectivity index (χ2n) is 6.03. The van der Waals surface area contributed by atoms with Crippen LogP contribution in [0.2, 0.25) is 0 Å². The van der Waals surface area contributed by atoms with E-state index in [0.717, 1.165) is 6.54 Å².